The van der Waals surface area contributed by atoms with Gasteiger partial charge in [-0.25, -0.2) is 0 Å². The smallest absolute Gasteiger partial charge is 0.252 e. The van der Waals surface area contributed by atoms with Crippen molar-refractivity contribution >= 4 is 123 Å². The average Bonchev–Trinajstić information content (AvgIpc) is 1.60. The molecule has 0 N–H and O–H groups in total. The van der Waals surface area contributed by atoms with E-state index in [1.165, 1.54) is 11.1 Å². The SMILES string of the molecule is [2H]c1c([2H])c([2H])c(-c2ccc3c(c2)N(c2c(-c4ccccc4)cc(C(C)(C)C)cc2-c2ccccc2)c2cc(-c4cc(C(C)(C)C)cc(C(C)(C)C)c4)cc4c2B3c2ccc(-n3c5c([2H])c([2H])c([2H])c([2H])c5c5c([2H])c([2H])c([2H])c([2H])c53)cc2N4c2cccc3c2oc2c(-n4c5ccc(C(C)(C)C)cc5c5cc(C(C)(C)C)ccc54)cccc23)c([2H])c1[2H]. The molecule has 2 aliphatic heterocycles. The van der Waals surface area contributed by atoms with Crippen molar-refractivity contribution in [2.75, 3.05) is 9.80 Å². The molecule has 17 aromatic rings. The number of rotatable bonds is 8. The maximum atomic E-state index is 9.91. The molecule has 0 unspecified atom stereocenters. The Hall–Kier alpha value is -11.9. The first-order valence-electron chi connectivity index (χ1n) is 44.8. The lowest BCUT2D eigenvalue weighted by molar-refractivity contribution is 0.569. The first kappa shape index (κ1) is 55.5. The summed E-state index contributed by atoms with van der Waals surface area (Å²) >= 11 is 0. The average molecular weight is 1440 g/mol. The molecule has 0 aliphatic carbocycles. The Bertz CT molecular complexity index is 7180. The number of fused-ring (bicyclic) bond motifs is 13. The molecule has 0 fully saturated rings. The highest BCUT2D eigenvalue weighted by atomic mass is 16.3. The van der Waals surface area contributed by atoms with Gasteiger partial charge in [0, 0.05) is 71.9 Å². The first-order valence-corrected chi connectivity index (χ1v) is 38.3. The van der Waals surface area contributed by atoms with E-state index in [0.717, 1.165) is 122 Å². The van der Waals surface area contributed by atoms with Crippen LogP contribution in [0.1, 0.15) is 149 Å². The van der Waals surface area contributed by atoms with Gasteiger partial charge in [-0.15, -0.1) is 0 Å². The molecule has 0 spiro atoms. The van der Waals surface area contributed by atoms with Crippen molar-refractivity contribution < 1.29 is 22.2 Å². The molecular formula is C104H93BN4O. The summed E-state index contributed by atoms with van der Waals surface area (Å²) in [6, 6.07) is 68.9. The highest BCUT2D eigenvalue weighted by Crippen LogP contribution is 2.55. The van der Waals surface area contributed by atoms with Gasteiger partial charge < -0.3 is 23.4 Å². The molecule has 0 saturated heterocycles. The molecule has 5 nitrogen and oxygen atoms in total. The second kappa shape index (κ2) is 24.8. The molecular weight excluding hydrogens is 1330 g/mol. The van der Waals surface area contributed by atoms with Crippen molar-refractivity contribution in [1.82, 2.24) is 9.13 Å². The van der Waals surface area contributed by atoms with Crippen molar-refractivity contribution in [3.63, 3.8) is 0 Å². The molecule has 0 bridgehead atoms. The molecule has 110 heavy (non-hydrogen) atoms. The second-order valence-electron chi connectivity index (χ2n) is 35.2. The predicted molar refractivity (Wildman–Crippen MR) is 472 cm³/mol. The number of hydrogen-bond donors (Lipinski definition) is 0. The molecule has 0 radical (unpaired) electrons. The minimum atomic E-state index is -0.730. The van der Waals surface area contributed by atoms with E-state index in [1.807, 2.05) is 48.5 Å². The van der Waals surface area contributed by atoms with Crippen molar-refractivity contribution in [3.05, 3.63) is 319 Å². The van der Waals surface area contributed by atoms with Crippen LogP contribution in [0.15, 0.2) is 295 Å². The number of furan rings is 1. The highest BCUT2D eigenvalue weighted by Gasteiger charge is 2.46. The Labute approximate surface area is 666 Å². The quantitative estimate of drug-likeness (QED) is 0.142. The number of anilines is 6. The molecule has 2 aliphatic rings. The van der Waals surface area contributed by atoms with Crippen molar-refractivity contribution in [3.8, 4) is 55.9 Å². The van der Waals surface area contributed by atoms with Crippen LogP contribution in [0, 0.1) is 0 Å². The lowest BCUT2D eigenvalue weighted by atomic mass is 9.33. The van der Waals surface area contributed by atoms with Gasteiger partial charge in [-0.1, -0.05) is 304 Å². The Morgan fingerprint density at radius 3 is 1.27 bits per heavy atom. The fourth-order valence-corrected chi connectivity index (χ4v) is 17.0. The summed E-state index contributed by atoms with van der Waals surface area (Å²) in [6.45, 7) is 32.8. The van der Waals surface area contributed by atoms with Gasteiger partial charge in [0.05, 0.1) is 56.9 Å². The fourth-order valence-electron chi connectivity index (χ4n) is 17.0. The number of para-hydroxylation sites is 4. The van der Waals surface area contributed by atoms with E-state index >= 15 is 0 Å². The summed E-state index contributed by atoms with van der Waals surface area (Å²) in [4.78, 5) is 4.64. The lowest BCUT2D eigenvalue weighted by Gasteiger charge is -2.45. The van der Waals surface area contributed by atoms with Gasteiger partial charge >= 0.3 is 0 Å². The Kier molecular flexibility index (Phi) is 12.5. The van der Waals surface area contributed by atoms with Gasteiger partial charge in [0.25, 0.3) is 6.71 Å². The number of hydrogen-bond acceptors (Lipinski definition) is 3. The molecule has 538 valence electrons. The van der Waals surface area contributed by atoms with Crippen molar-refractivity contribution in [2.45, 2.75) is 131 Å². The van der Waals surface area contributed by atoms with Crippen LogP contribution in [0.3, 0.4) is 0 Å². The molecule has 5 heterocycles. The zero-order valence-electron chi connectivity index (χ0n) is 78.0. The van der Waals surface area contributed by atoms with Crippen LogP contribution in [0.5, 0.6) is 0 Å². The third kappa shape index (κ3) is 11.1. The summed E-state index contributed by atoms with van der Waals surface area (Å²) in [7, 11) is 0. The van der Waals surface area contributed by atoms with Gasteiger partial charge in [0.2, 0.25) is 0 Å². The summed E-state index contributed by atoms with van der Waals surface area (Å²) in [5.41, 5.74) is 21.0. The standard InChI is InChI=1S/C104H93BN4O/c1-100(2,3)70-46-51-88-82(59-70)83-60-71(101(4,5)6)47-52-89(83)107(88)90-43-29-39-78-79-40-30-44-91(99(79)110-98(78)90)108-93-63-75(106-86-41-27-25-37-76(86)77-38-26-28-42-87(77)106)48-50-85(93)105-84-49-45-67(64-31-19-16-20-32-64)55-92(84)109(95-57-69(56-94(108)96(95)105)68-53-72(102(7,8)9)58-73(54-68)103(10,11)12)97-80(65-33-21-17-22-34-65)61-74(104(13,14)15)62-81(97)66-35-23-18-24-36-66/h16-63H,1-15H3/i16D,19D,20D,25D,26D,27D,28D,31D,32D,37D,38D,41D,42D. The Balaban J connectivity index is 1.01. The van der Waals surface area contributed by atoms with Gasteiger partial charge in [-0.2, -0.15) is 0 Å². The summed E-state index contributed by atoms with van der Waals surface area (Å²) in [5.74, 6) is 0. The first-order chi connectivity index (χ1) is 58.1. The summed E-state index contributed by atoms with van der Waals surface area (Å²) < 4.78 is 135. The van der Waals surface area contributed by atoms with Gasteiger partial charge in [0.1, 0.15) is 0 Å². The van der Waals surface area contributed by atoms with Crippen LogP contribution in [-0.4, -0.2) is 15.8 Å². The third-order valence-electron chi connectivity index (χ3n) is 23.0. The molecule has 0 amide bonds. The molecule has 6 heteroatoms. The molecule has 3 aromatic heterocycles. The van der Waals surface area contributed by atoms with Crippen LogP contribution >= 0.6 is 0 Å². The zero-order chi connectivity index (χ0) is 87.1. The second-order valence-corrected chi connectivity index (χ2v) is 35.2. The molecule has 14 aromatic carbocycles. The summed E-state index contributed by atoms with van der Waals surface area (Å²) in [5, 5.41) is 3.79. The predicted octanol–water partition coefficient (Wildman–Crippen LogP) is 27.0. The van der Waals surface area contributed by atoms with E-state index in [1.54, 1.807) is 4.57 Å². The van der Waals surface area contributed by atoms with Gasteiger partial charge in [-0.3, -0.25) is 0 Å². The number of nitrogens with zero attached hydrogens (tertiary/aromatic N) is 4. The van der Waals surface area contributed by atoms with E-state index in [0.29, 0.717) is 39.5 Å². The molecule has 19 rings (SSSR count). The summed E-state index contributed by atoms with van der Waals surface area (Å²) in [6.07, 6.45) is 0. The van der Waals surface area contributed by atoms with Crippen LogP contribution in [0.2, 0.25) is 0 Å². The van der Waals surface area contributed by atoms with E-state index in [9.17, 15) is 13.7 Å². The monoisotopic (exact) mass is 1440 g/mol. The zero-order valence-corrected chi connectivity index (χ0v) is 65.0. The topological polar surface area (TPSA) is 29.5 Å². The number of benzene rings is 14. The van der Waals surface area contributed by atoms with Crippen LogP contribution in [0.4, 0.5) is 34.1 Å². The Morgan fingerprint density at radius 1 is 0.282 bits per heavy atom. The molecule has 0 saturated carbocycles. The van der Waals surface area contributed by atoms with E-state index < -0.39 is 73.2 Å². The largest absolute Gasteiger partial charge is 0.452 e. The minimum Gasteiger partial charge on any atom is -0.452 e. The Morgan fingerprint density at radius 2 is 0.736 bits per heavy atom. The minimum absolute atomic E-state index is 0.0268. The van der Waals surface area contributed by atoms with Gasteiger partial charge in [0.15, 0.2) is 11.2 Å². The van der Waals surface area contributed by atoms with Crippen LogP contribution in [0.25, 0.3) is 121 Å². The third-order valence-corrected chi connectivity index (χ3v) is 23.0. The van der Waals surface area contributed by atoms with Crippen LogP contribution < -0.4 is 26.2 Å². The normalized spacial score (nSPS) is 15.0. The highest BCUT2D eigenvalue weighted by molar-refractivity contribution is 7.00. The van der Waals surface area contributed by atoms with Gasteiger partial charge in [-0.05, 0) is 196 Å². The van der Waals surface area contributed by atoms with Crippen LogP contribution in [-0.2, 0) is 27.1 Å². The van der Waals surface area contributed by atoms with Crippen molar-refractivity contribution in [2.24, 2.45) is 0 Å². The maximum absolute atomic E-state index is 9.91. The van der Waals surface area contributed by atoms with E-state index in [4.69, 9.17) is 8.53 Å². The van der Waals surface area contributed by atoms with E-state index in [2.05, 4.69) is 282 Å². The maximum Gasteiger partial charge on any atom is 0.252 e. The molecule has 0 atom stereocenters. The number of aromatic nitrogens is 2. The fraction of sp³-hybridized carbons (Fsp3) is 0.192. The van der Waals surface area contributed by atoms with E-state index in [-0.39, 0.29) is 66.5 Å². The lowest BCUT2D eigenvalue weighted by Crippen LogP contribution is -2.61. The van der Waals surface area contributed by atoms with Crippen molar-refractivity contribution in [1.29, 1.82) is 0 Å².